The molecule has 1 aliphatic rings. The molecule has 0 saturated carbocycles. The van der Waals surface area contributed by atoms with Crippen molar-refractivity contribution in [2.24, 2.45) is 0 Å². The number of amides is 2. The molecule has 7 heteroatoms. The minimum Gasteiger partial charge on any atom is -0.322 e. The average molecular weight is 399 g/mol. The van der Waals surface area contributed by atoms with Gasteiger partial charge in [-0.05, 0) is 19.1 Å². The van der Waals surface area contributed by atoms with Crippen molar-refractivity contribution in [3.63, 3.8) is 0 Å². The lowest BCUT2D eigenvalue weighted by Crippen LogP contribution is -2.49. The summed E-state index contributed by atoms with van der Waals surface area (Å²) in [6.07, 6.45) is 0. The Morgan fingerprint density at radius 2 is 1.89 bits per heavy atom. The molecule has 0 aliphatic carbocycles. The molecule has 0 bridgehead atoms. The monoisotopic (exact) mass is 398 g/mol. The Labute approximate surface area is 167 Å². The Balaban J connectivity index is 1.28. The van der Waals surface area contributed by atoms with Gasteiger partial charge in [0.05, 0.1) is 10.7 Å². The minimum absolute atomic E-state index is 0.00322. The summed E-state index contributed by atoms with van der Waals surface area (Å²) in [5.41, 5.74) is 2.27. The van der Waals surface area contributed by atoms with Crippen LogP contribution in [0.15, 0.2) is 47.8 Å². The van der Waals surface area contributed by atoms with E-state index in [1.54, 1.807) is 22.7 Å². The molecule has 4 rings (SSSR count). The van der Waals surface area contributed by atoms with Gasteiger partial charge in [-0.3, -0.25) is 10.2 Å². The van der Waals surface area contributed by atoms with Crippen LogP contribution >= 0.6 is 22.7 Å². The first-order valence-electron chi connectivity index (χ1n) is 9.02. The van der Waals surface area contributed by atoms with E-state index in [0.29, 0.717) is 0 Å². The van der Waals surface area contributed by atoms with Crippen LogP contribution in [0.5, 0.6) is 0 Å². The lowest BCUT2D eigenvalue weighted by Gasteiger charge is -2.34. The third-order valence-corrected chi connectivity index (χ3v) is 6.44. The molecule has 3 aromatic rings. The van der Waals surface area contributed by atoms with Crippen LogP contribution in [-0.4, -0.2) is 47.0 Å². The van der Waals surface area contributed by atoms with Crippen LogP contribution in [0.1, 0.15) is 10.6 Å². The molecule has 1 aromatic carbocycles. The zero-order valence-corrected chi connectivity index (χ0v) is 16.9. The van der Waals surface area contributed by atoms with Crippen LogP contribution in [-0.2, 0) is 6.54 Å². The van der Waals surface area contributed by atoms with Gasteiger partial charge in [-0.1, -0.05) is 30.3 Å². The van der Waals surface area contributed by atoms with E-state index in [-0.39, 0.29) is 6.03 Å². The number of nitrogens with zero attached hydrogens (tertiary/aromatic N) is 3. The number of anilines is 1. The predicted molar refractivity (Wildman–Crippen MR) is 112 cm³/mol. The van der Waals surface area contributed by atoms with Gasteiger partial charge in [-0.15, -0.1) is 22.7 Å². The van der Waals surface area contributed by atoms with E-state index in [2.05, 4.69) is 27.7 Å². The van der Waals surface area contributed by atoms with Gasteiger partial charge in [0.25, 0.3) is 0 Å². The number of nitrogens with one attached hydrogen (secondary N) is 1. The number of carbonyl (C=O) groups is 1. The quantitative estimate of drug-likeness (QED) is 0.702. The normalized spacial score (nSPS) is 15.1. The lowest BCUT2D eigenvalue weighted by molar-refractivity contribution is 0.142. The van der Waals surface area contributed by atoms with E-state index in [4.69, 9.17) is 4.98 Å². The maximum atomic E-state index is 12.4. The van der Waals surface area contributed by atoms with Gasteiger partial charge in [0, 0.05) is 48.5 Å². The second-order valence-corrected chi connectivity index (χ2v) is 8.76. The molecule has 27 heavy (non-hydrogen) atoms. The largest absolute Gasteiger partial charge is 0.322 e. The standard InChI is InChI=1S/C20H22N4OS2/c1-15-7-8-18(27-15)22-20(25)24-11-9-23(10-12-24)13-17-14-26-19(21-17)16-5-3-2-4-6-16/h2-8,14H,9-13H2,1H3,(H,22,25). The molecule has 0 atom stereocenters. The Morgan fingerprint density at radius 1 is 1.11 bits per heavy atom. The number of carbonyl (C=O) groups excluding carboxylic acids is 1. The molecular weight excluding hydrogens is 376 g/mol. The summed E-state index contributed by atoms with van der Waals surface area (Å²) in [4.78, 5) is 22.6. The van der Waals surface area contributed by atoms with Crippen molar-refractivity contribution in [2.75, 3.05) is 31.5 Å². The number of aromatic nitrogens is 1. The molecule has 1 N–H and O–H groups in total. The average Bonchev–Trinajstić information content (AvgIpc) is 3.32. The highest BCUT2D eigenvalue weighted by atomic mass is 32.1. The number of benzene rings is 1. The zero-order valence-electron chi connectivity index (χ0n) is 15.2. The number of aryl methyl sites for hydroxylation is 1. The smallest absolute Gasteiger partial charge is 0.322 e. The maximum Gasteiger partial charge on any atom is 0.322 e. The highest BCUT2D eigenvalue weighted by molar-refractivity contribution is 7.16. The second kappa shape index (κ2) is 8.21. The number of hydrogen-bond acceptors (Lipinski definition) is 5. The predicted octanol–water partition coefficient (Wildman–Crippen LogP) is 4.53. The Kier molecular flexibility index (Phi) is 5.52. The number of hydrogen-bond donors (Lipinski definition) is 1. The van der Waals surface area contributed by atoms with Crippen molar-refractivity contribution in [1.82, 2.24) is 14.8 Å². The first kappa shape index (κ1) is 18.2. The molecule has 1 aliphatic heterocycles. The molecule has 3 heterocycles. The van der Waals surface area contributed by atoms with Crippen LogP contribution in [0.25, 0.3) is 10.6 Å². The summed E-state index contributed by atoms with van der Waals surface area (Å²) >= 11 is 3.30. The molecule has 1 saturated heterocycles. The van der Waals surface area contributed by atoms with Gasteiger partial charge in [0.15, 0.2) is 0 Å². The van der Waals surface area contributed by atoms with Crippen molar-refractivity contribution in [1.29, 1.82) is 0 Å². The fraction of sp³-hybridized carbons (Fsp3) is 0.300. The van der Waals surface area contributed by atoms with Gasteiger partial charge < -0.3 is 4.90 Å². The van der Waals surface area contributed by atoms with E-state index in [1.165, 1.54) is 10.4 Å². The van der Waals surface area contributed by atoms with Crippen LogP contribution in [0.2, 0.25) is 0 Å². The van der Waals surface area contributed by atoms with E-state index >= 15 is 0 Å². The van der Waals surface area contributed by atoms with Gasteiger partial charge in [0.1, 0.15) is 5.01 Å². The minimum atomic E-state index is -0.00322. The summed E-state index contributed by atoms with van der Waals surface area (Å²) in [5, 5.41) is 7.11. The SMILES string of the molecule is Cc1ccc(NC(=O)N2CCN(Cc3csc(-c4ccccc4)n3)CC2)s1. The van der Waals surface area contributed by atoms with Crippen LogP contribution in [0.3, 0.4) is 0 Å². The van der Waals surface area contributed by atoms with Crippen molar-refractivity contribution < 1.29 is 4.79 Å². The summed E-state index contributed by atoms with van der Waals surface area (Å²) in [6.45, 7) is 6.10. The van der Waals surface area contributed by atoms with Crippen molar-refractivity contribution in [3.05, 3.63) is 58.4 Å². The number of thiophene rings is 1. The number of piperazine rings is 1. The Bertz CT molecular complexity index is 898. The first-order valence-corrected chi connectivity index (χ1v) is 10.7. The first-order chi connectivity index (χ1) is 13.2. The Hall–Kier alpha value is -2.22. The number of urea groups is 1. The molecule has 140 valence electrons. The van der Waals surface area contributed by atoms with Gasteiger partial charge in [-0.25, -0.2) is 9.78 Å². The molecular formula is C20H22N4OS2. The molecule has 2 aromatic heterocycles. The van der Waals surface area contributed by atoms with Crippen molar-refractivity contribution >= 4 is 33.7 Å². The van der Waals surface area contributed by atoms with Crippen molar-refractivity contribution in [3.8, 4) is 10.6 Å². The van der Waals surface area contributed by atoms with E-state index < -0.39 is 0 Å². The van der Waals surface area contributed by atoms with Crippen LogP contribution < -0.4 is 5.32 Å². The molecule has 2 amide bonds. The van der Waals surface area contributed by atoms with E-state index in [1.807, 2.05) is 42.2 Å². The summed E-state index contributed by atoms with van der Waals surface area (Å²) < 4.78 is 0. The molecule has 0 radical (unpaired) electrons. The van der Waals surface area contributed by atoms with E-state index in [9.17, 15) is 4.79 Å². The second-order valence-electron chi connectivity index (χ2n) is 6.61. The lowest BCUT2D eigenvalue weighted by atomic mass is 10.2. The van der Waals surface area contributed by atoms with Gasteiger partial charge >= 0.3 is 6.03 Å². The Morgan fingerprint density at radius 3 is 2.59 bits per heavy atom. The van der Waals surface area contributed by atoms with Gasteiger partial charge in [0.2, 0.25) is 0 Å². The highest BCUT2D eigenvalue weighted by Gasteiger charge is 2.22. The zero-order chi connectivity index (χ0) is 18.6. The number of thiazole rings is 1. The molecule has 5 nitrogen and oxygen atoms in total. The molecule has 0 unspecified atom stereocenters. The summed E-state index contributed by atoms with van der Waals surface area (Å²) in [5.74, 6) is 0. The van der Waals surface area contributed by atoms with Crippen LogP contribution in [0.4, 0.5) is 9.80 Å². The van der Waals surface area contributed by atoms with E-state index in [0.717, 1.165) is 48.4 Å². The third kappa shape index (κ3) is 4.55. The fourth-order valence-electron chi connectivity index (χ4n) is 3.12. The van der Waals surface area contributed by atoms with Crippen LogP contribution in [0, 0.1) is 6.92 Å². The van der Waals surface area contributed by atoms with Gasteiger partial charge in [-0.2, -0.15) is 0 Å². The summed E-state index contributed by atoms with van der Waals surface area (Å²) in [6, 6.07) is 14.3. The molecule has 1 fully saturated rings. The highest BCUT2D eigenvalue weighted by Crippen LogP contribution is 2.24. The molecule has 0 spiro atoms. The van der Waals surface area contributed by atoms with Crippen molar-refractivity contribution in [2.45, 2.75) is 13.5 Å². The number of rotatable bonds is 4. The fourth-order valence-corrected chi connectivity index (χ4v) is 4.69. The summed E-state index contributed by atoms with van der Waals surface area (Å²) in [7, 11) is 0. The third-order valence-electron chi connectivity index (χ3n) is 4.59. The topological polar surface area (TPSA) is 48.5 Å². The maximum absolute atomic E-state index is 12.4.